The molecular formula is C25H25N3O4. The number of carbonyl (C=O) groups excluding carboxylic acids is 3. The van der Waals surface area contributed by atoms with E-state index in [9.17, 15) is 14.4 Å². The molecule has 0 aliphatic carbocycles. The summed E-state index contributed by atoms with van der Waals surface area (Å²) in [5.41, 5.74) is 3.27. The van der Waals surface area contributed by atoms with Crippen LogP contribution < -0.4 is 16.0 Å². The van der Waals surface area contributed by atoms with Gasteiger partial charge in [0.15, 0.2) is 0 Å². The molecule has 0 aliphatic rings. The molecule has 3 aromatic carbocycles. The second-order valence-electron chi connectivity index (χ2n) is 7.15. The van der Waals surface area contributed by atoms with Gasteiger partial charge in [0.05, 0.1) is 25.3 Å². The van der Waals surface area contributed by atoms with Gasteiger partial charge in [-0.05, 0) is 61.0 Å². The number of benzene rings is 3. The summed E-state index contributed by atoms with van der Waals surface area (Å²) in [5, 5.41) is 8.74. The van der Waals surface area contributed by atoms with Gasteiger partial charge in [0.25, 0.3) is 5.91 Å². The molecule has 0 aliphatic heterocycles. The average molecular weight is 431 g/mol. The molecule has 3 rings (SSSR count). The van der Waals surface area contributed by atoms with E-state index in [-0.39, 0.29) is 24.4 Å². The van der Waals surface area contributed by atoms with Gasteiger partial charge in [0, 0.05) is 16.9 Å². The number of nitrogens with one attached hydrogen (secondary N) is 3. The largest absolute Gasteiger partial charge is 0.465 e. The van der Waals surface area contributed by atoms with E-state index in [1.54, 1.807) is 48.5 Å². The van der Waals surface area contributed by atoms with Gasteiger partial charge < -0.3 is 20.7 Å². The minimum absolute atomic E-state index is 0.0509. The van der Waals surface area contributed by atoms with Crippen molar-refractivity contribution in [3.05, 3.63) is 95.6 Å². The standard InChI is InChI=1S/C25H25N3O4/c1-17(18-6-4-3-5-7-18)27-24(30)19-8-12-21(13-9-19)26-16-23(29)28-22-14-10-20(11-15-22)25(31)32-2/h3-15,17,26H,16H2,1-2H3,(H,27,30)(H,28,29). The van der Waals surface area contributed by atoms with E-state index in [1.165, 1.54) is 7.11 Å². The summed E-state index contributed by atoms with van der Waals surface area (Å²) in [6.45, 7) is 1.99. The highest BCUT2D eigenvalue weighted by molar-refractivity contribution is 5.96. The highest BCUT2D eigenvalue weighted by Crippen LogP contribution is 2.15. The number of amides is 2. The molecule has 0 spiro atoms. The van der Waals surface area contributed by atoms with Crippen LogP contribution in [0, 0.1) is 0 Å². The van der Waals surface area contributed by atoms with Crippen LogP contribution >= 0.6 is 0 Å². The monoisotopic (exact) mass is 431 g/mol. The maximum Gasteiger partial charge on any atom is 0.337 e. The van der Waals surface area contributed by atoms with Gasteiger partial charge >= 0.3 is 5.97 Å². The first-order valence-corrected chi connectivity index (χ1v) is 10.1. The number of methoxy groups -OCH3 is 1. The van der Waals surface area contributed by atoms with E-state index in [2.05, 4.69) is 20.7 Å². The molecule has 0 saturated carbocycles. The van der Waals surface area contributed by atoms with Crippen molar-refractivity contribution in [1.82, 2.24) is 5.32 Å². The van der Waals surface area contributed by atoms with Gasteiger partial charge in [-0.2, -0.15) is 0 Å². The molecule has 164 valence electrons. The molecule has 0 aromatic heterocycles. The van der Waals surface area contributed by atoms with Crippen LogP contribution in [0.25, 0.3) is 0 Å². The Kier molecular flexibility index (Phi) is 7.59. The number of carbonyl (C=O) groups is 3. The Labute approximate surface area is 186 Å². The number of hydrogen-bond acceptors (Lipinski definition) is 5. The summed E-state index contributed by atoms with van der Waals surface area (Å²) in [5.74, 6) is -0.841. The summed E-state index contributed by atoms with van der Waals surface area (Å²) in [6.07, 6.45) is 0. The molecule has 1 unspecified atom stereocenters. The lowest BCUT2D eigenvalue weighted by atomic mass is 10.1. The van der Waals surface area contributed by atoms with E-state index < -0.39 is 5.97 Å². The van der Waals surface area contributed by atoms with Crippen molar-refractivity contribution in [2.75, 3.05) is 24.3 Å². The second-order valence-corrected chi connectivity index (χ2v) is 7.15. The van der Waals surface area contributed by atoms with E-state index in [0.717, 1.165) is 5.56 Å². The first-order valence-electron chi connectivity index (χ1n) is 10.1. The molecule has 3 aromatic rings. The molecule has 7 heteroatoms. The topological polar surface area (TPSA) is 96.5 Å². The first kappa shape index (κ1) is 22.6. The SMILES string of the molecule is COC(=O)c1ccc(NC(=O)CNc2ccc(C(=O)NC(C)c3ccccc3)cc2)cc1. The number of anilines is 2. The highest BCUT2D eigenvalue weighted by Gasteiger charge is 2.11. The van der Waals surface area contributed by atoms with Crippen molar-refractivity contribution >= 4 is 29.2 Å². The maximum atomic E-state index is 12.5. The molecule has 0 radical (unpaired) electrons. The molecule has 3 N–H and O–H groups in total. The Morgan fingerprint density at radius 2 is 1.41 bits per heavy atom. The van der Waals surface area contributed by atoms with Gasteiger partial charge in [-0.25, -0.2) is 4.79 Å². The van der Waals surface area contributed by atoms with Gasteiger partial charge in [-0.1, -0.05) is 30.3 Å². The third kappa shape index (κ3) is 6.18. The maximum absolute atomic E-state index is 12.5. The summed E-state index contributed by atoms with van der Waals surface area (Å²) in [7, 11) is 1.31. The molecule has 0 heterocycles. The quantitative estimate of drug-likeness (QED) is 0.468. The Hall–Kier alpha value is -4.13. The van der Waals surface area contributed by atoms with Crippen LogP contribution in [0.1, 0.15) is 39.2 Å². The molecule has 0 saturated heterocycles. The highest BCUT2D eigenvalue weighted by atomic mass is 16.5. The van der Waals surface area contributed by atoms with Crippen molar-refractivity contribution in [2.45, 2.75) is 13.0 Å². The Bertz CT molecular complexity index is 1060. The number of esters is 1. The normalized spacial score (nSPS) is 11.2. The van der Waals surface area contributed by atoms with Crippen molar-refractivity contribution in [1.29, 1.82) is 0 Å². The lowest BCUT2D eigenvalue weighted by molar-refractivity contribution is -0.114. The molecule has 0 bridgehead atoms. The van der Waals surface area contributed by atoms with Crippen LogP contribution in [0.3, 0.4) is 0 Å². The van der Waals surface area contributed by atoms with Crippen molar-refractivity contribution < 1.29 is 19.1 Å². The van der Waals surface area contributed by atoms with Crippen LogP contribution in [0.5, 0.6) is 0 Å². The van der Waals surface area contributed by atoms with Gasteiger partial charge in [0.1, 0.15) is 0 Å². The van der Waals surface area contributed by atoms with Gasteiger partial charge in [-0.3, -0.25) is 9.59 Å². The van der Waals surface area contributed by atoms with Crippen LogP contribution in [-0.2, 0) is 9.53 Å². The summed E-state index contributed by atoms with van der Waals surface area (Å²) in [6, 6.07) is 23.0. The first-order chi connectivity index (χ1) is 15.5. The molecule has 1 atom stereocenters. The van der Waals surface area contributed by atoms with Crippen molar-refractivity contribution in [2.24, 2.45) is 0 Å². The zero-order valence-corrected chi connectivity index (χ0v) is 17.9. The predicted octanol–water partition coefficient (Wildman–Crippen LogP) is 4.01. The third-order valence-corrected chi connectivity index (χ3v) is 4.84. The van der Waals surface area contributed by atoms with Gasteiger partial charge in [-0.15, -0.1) is 0 Å². The lowest BCUT2D eigenvalue weighted by Gasteiger charge is -2.14. The third-order valence-electron chi connectivity index (χ3n) is 4.84. The van der Waals surface area contributed by atoms with Crippen molar-refractivity contribution in [3.8, 4) is 0 Å². The lowest BCUT2D eigenvalue weighted by Crippen LogP contribution is -2.26. The smallest absolute Gasteiger partial charge is 0.337 e. The Balaban J connectivity index is 1.48. The van der Waals surface area contributed by atoms with Crippen LogP contribution in [-0.4, -0.2) is 31.4 Å². The molecule has 2 amide bonds. The predicted molar refractivity (Wildman–Crippen MR) is 124 cm³/mol. The number of rotatable bonds is 8. The minimum Gasteiger partial charge on any atom is -0.465 e. The van der Waals surface area contributed by atoms with Crippen molar-refractivity contribution in [3.63, 3.8) is 0 Å². The molecule has 7 nitrogen and oxygen atoms in total. The fourth-order valence-corrected chi connectivity index (χ4v) is 3.04. The van der Waals surface area contributed by atoms with Crippen LogP contribution in [0.4, 0.5) is 11.4 Å². The van der Waals surface area contributed by atoms with E-state index in [4.69, 9.17) is 0 Å². The number of hydrogen-bond donors (Lipinski definition) is 3. The fraction of sp³-hybridized carbons (Fsp3) is 0.160. The van der Waals surface area contributed by atoms with E-state index >= 15 is 0 Å². The fourth-order valence-electron chi connectivity index (χ4n) is 3.04. The van der Waals surface area contributed by atoms with Crippen LogP contribution in [0.15, 0.2) is 78.9 Å². The second kappa shape index (κ2) is 10.8. The average Bonchev–Trinajstić information content (AvgIpc) is 2.83. The summed E-state index contributed by atoms with van der Waals surface area (Å²) in [4.78, 5) is 36.1. The molecule has 0 fully saturated rings. The summed E-state index contributed by atoms with van der Waals surface area (Å²) < 4.78 is 4.65. The minimum atomic E-state index is -0.434. The molecule has 32 heavy (non-hydrogen) atoms. The zero-order valence-electron chi connectivity index (χ0n) is 17.9. The summed E-state index contributed by atoms with van der Waals surface area (Å²) >= 11 is 0. The van der Waals surface area contributed by atoms with E-state index in [1.807, 2.05) is 37.3 Å². The zero-order chi connectivity index (χ0) is 22.9. The van der Waals surface area contributed by atoms with Gasteiger partial charge in [0.2, 0.25) is 5.91 Å². The number of ether oxygens (including phenoxy) is 1. The van der Waals surface area contributed by atoms with E-state index in [0.29, 0.717) is 22.5 Å². The molecular weight excluding hydrogens is 406 g/mol. The van der Waals surface area contributed by atoms with Crippen LogP contribution in [0.2, 0.25) is 0 Å². The Morgan fingerprint density at radius 1 is 0.812 bits per heavy atom. The Morgan fingerprint density at radius 3 is 2.03 bits per heavy atom.